The van der Waals surface area contributed by atoms with Crippen LogP contribution in [0.3, 0.4) is 0 Å². The van der Waals surface area contributed by atoms with Gasteiger partial charge >= 0.3 is 0 Å². The third-order valence-electron chi connectivity index (χ3n) is 6.43. The maximum absolute atomic E-state index is 13.1. The molecule has 2 atom stereocenters. The molecule has 1 aromatic carbocycles. The number of carbonyl (C=O) groups excluding carboxylic acids is 3. The van der Waals surface area contributed by atoms with E-state index in [2.05, 4.69) is 10.6 Å². The maximum Gasteiger partial charge on any atom is 0.228 e. The topological polar surface area (TPSA) is 78.5 Å². The zero-order valence-corrected chi connectivity index (χ0v) is 19.3. The van der Waals surface area contributed by atoms with E-state index in [4.69, 9.17) is 0 Å². The van der Waals surface area contributed by atoms with Crippen molar-refractivity contribution in [3.8, 4) is 0 Å². The Balaban J connectivity index is 1.40. The average molecular weight is 454 g/mol. The first-order valence-corrected chi connectivity index (χ1v) is 12.4. The molecule has 2 heterocycles. The van der Waals surface area contributed by atoms with Gasteiger partial charge in [-0.15, -0.1) is 11.3 Å². The molecule has 0 radical (unpaired) electrons. The minimum atomic E-state index is -0.483. The zero-order valence-electron chi connectivity index (χ0n) is 18.5. The summed E-state index contributed by atoms with van der Waals surface area (Å²) in [6.07, 6.45) is 6.08. The molecule has 2 unspecified atom stereocenters. The number of anilines is 1. The highest BCUT2D eigenvalue weighted by Gasteiger charge is 2.45. The van der Waals surface area contributed by atoms with Crippen LogP contribution in [0.2, 0.25) is 0 Å². The molecule has 1 saturated carbocycles. The summed E-state index contributed by atoms with van der Waals surface area (Å²) >= 11 is 1.56. The van der Waals surface area contributed by atoms with Crippen LogP contribution in [-0.4, -0.2) is 30.3 Å². The summed E-state index contributed by atoms with van der Waals surface area (Å²) in [5, 5.41) is 7.96. The number of rotatable bonds is 7. The van der Waals surface area contributed by atoms with Gasteiger partial charge in [-0.05, 0) is 43.3 Å². The van der Waals surface area contributed by atoms with Gasteiger partial charge in [-0.2, -0.15) is 0 Å². The normalized spacial score (nSPS) is 21.5. The van der Waals surface area contributed by atoms with Gasteiger partial charge in [0.2, 0.25) is 17.7 Å². The van der Waals surface area contributed by atoms with Gasteiger partial charge in [-0.3, -0.25) is 14.4 Å². The molecule has 32 heavy (non-hydrogen) atoms. The molecule has 1 saturated heterocycles. The average Bonchev–Trinajstić information content (AvgIpc) is 3.43. The van der Waals surface area contributed by atoms with Crippen molar-refractivity contribution in [1.82, 2.24) is 10.6 Å². The second kappa shape index (κ2) is 10.3. The van der Waals surface area contributed by atoms with Crippen molar-refractivity contribution in [2.24, 2.45) is 5.92 Å². The molecular formula is C25H31N3O3S. The van der Waals surface area contributed by atoms with Crippen molar-refractivity contribution in [2.45, 2.75) is 64.0 Å². The van der Waals surface area contributed by atoms with Gasteiger partial charge in [0.25, 0.3) is 0 Å². The fourth-order valence-corrected chi connectivity index (χ4v) is 5.62. The van der Waals surface area contributed by atoms with Crippen LogP contribution in [0, 0.1) is 12.8 Å². The molecule has 6 nitrogen and oxygen atoms in total. The lowest BCUT2D eigenvalue weighted by Gasteiger charge is -2.27. The first-order chi connectivity index (χ1) is 15.5. The van der Waals surface area contributed by atoms with E-state index >= 15 is 0 Å². The van der Waals surface area contributed by atoms with E-state index in [-0.39, 0.29) is 49.2 Å². The minimum Gasteiger partial charge on any atom is -0.355 e. The van der Waals surface area contributed by atoms with Crippen LogP contribution < -0.4 is 15.5 Å². The van der Waals surface area contributed by atoms with Gasteiger partial charge in [0.05, 0.1) is 12.0 Å². The SMILES string of the molecule is Cc1ccc(N2C(=O)CC(C(=O)NCCC(=O)NC3CCCCC3)C2c2cccs2)cc1. The zero-order chi connectivity index (χ0) is 22.5. The molecule has 1 aliphatic carbocycles. The van der Waals surface area contributed by atoms with Gasteiger partial charge < -0.3 is 15.5 Å². The number of carbonyl (C=O) groups is 3. The van der Waals surface area contributed by atoms with E-state index < -0.39 is 5.92 Å². The third-order valence-corrected chi connectivity index (χ3v) is 7.37. The van der Waals surface area contributed by atoms with Crippen molar-refractivity contribution in [2.75, 3.05) is 11.4 Å². The number of aryl methyl sites for hydroxylation is 1. The monoisotopic (exact) mass is 453 g/mol. The lowest BCUT2D eigenvalue weighted by atomic mass is 9.95. The molecule has 0 spiro atoms. The second-order valence-corrected chi connectivity index (χ2v) is 9.79. The predicted molar refractivity (Wildman–Crippen MR) is 126 cm³/mol. The Bertz CT molecular complexity index is 936. The summed E-state index contributed by atoms with van der Waals surface area (Å²) in [4.78, 5) is 41.1. The maximum atomic E-state index is 13.1. The van der Waals surface area contributed by atoms with E-state index in [9.17, 15) is 14.4 Å². The summed E-state index contributed by atoms with van der Waals surface area (Å²) in [5.41, 5.74) is 1.93. The summed E-state index contributed by atoms with van der Waals surface area (Å²) in [6.45, 7) is 2.29. The Morgan fingerprint density at radius 2 is 1.84 bits per heavy atom. The van der Waals surface area contributed by atoms with Crippen LogP contribution in [0.1, 0.15) is 61.4 Å². The number of thiophene rings is 1. The smallest absolute Gasteiger partial charge is 0.228 e. The van der Waals surface area contributed by atoms with Gasteiger partial charge in [0, 0.05) is 36.0 Å². The van der Waals surface area contributed by atoms with Crippen LogP contribution in [-0.2, 0) is 14.4 Å². The fraction of sp³-hybridized carbons (Fsp3) is 0.480. The summed E-state index contributed by atoms with van der Waals surface area (Å²) in [5.74, 6) is -0.723. The molecule has 3 amide bonds. The molecule has 2 fully saturated rings. The van der Waals surface area contributed by atoms with Crippen molar-refractivity contribution in [1.29, 1.82) is 0 Å². The number of amides is 3. The number of hydrogen-bond donors (Lipinski definition) is 2. The Labute approximate surface area is 193 Å². The highest BCUT2D eigenvalue weighted by molar-refractivity contribution is 7.10. The Kier molecular flexibility index (Phi) is 7.25. The third kappa shape index (κ3) is 5.21. The lowest BCUT2D eigenvalue weighted by Crippen LogP contribution is -2.40. The van der Waals surface area contributed by atoms with E-state index in [1.807, 2.05) is 48.7 Å². The molecule has 4 rings (SSSR count). The largest absolute Gasteiger partial charge is 0.355 e. The number of benzene rings is 1. The number of nitrogens with one attached hydrogen (secondary N) is 2. The molecule has 2 aromatic rings. The van der Waals surface area contributed by atoms with Gasteiger partial charge in [-0.25, -0.2) is 0 Å². The Morgan fingerprint density at radius 1 is 1.09 bits per heavy atom. The highest BCUT2D eigenvalue weighted by atomic mass is 32.1. The molecule has 1 aromatic heterocycles. The minimum absolute atomic E-state index is 0.0178. The van der Waals surface area contributed by atoms with Crippen molar-refractivity contribution in [3.63, 3.8) is 0 Å². The quantitative estimate of drug-likeness (QED) is 0.662. The van der Waals surface area contributed by atoms with Crippen molar-refractivity contribution >= 4 is 34.7 Å². The molecule has 1 aliphatic heterocycles. The second-order valence-electron chi connectivity index (χ2n) is 8.81. The predicted octanol–water partition coefficient (Wildman–Crippen LogP) is 4.11. The van der Waals surface area contributed by atoms with Crippen LogP contribution >= 0.6 is 11.3 Å². The van der Waals surface area contributed by atoms with Crippen LogP contribution in [0.15, 0.2) is 41.8 Å². The highest BCUT2D eigenvalue weighted by Crippen LogP contribution is 2.43. The molecule has 0 bridgehead atoms. The fourth-order valence-electron chi connectivity index (χ4n) is 4.74. The van der Waals surface area contributed by atoms with E-state index in [0.717, 1.165) is 29.0 Å². The van der Waals surface area contributed by atoms with Gasteiger partial charge in [-0.1, -0.05) is 43.0 Å². The molecule has 2 N–H and O–H groups in total. The van der Waals surface area contributed by atoms with Gasteiger partial charge in [0.1, 0.15) is 0 Å². The van der Waals surface area contributed by atoms with Crippen LogP contribution in [0.25, 0.3) is 0 Å². The van der Waals surface area contributed by atoms with Crippen LogP contribution in [0.5, 0.6) is 0 Å². The molecule has 2 aliphatic rings. The molecule has 7 heteroatoms. The van der Waals surface area contributed by atoms with Crippen molar-refractivity contribution in [3.05, 3.63) is 52.2 Å². The molecular weight excluding hydrogens is 422 g/mol. The summed E-state index contributed by atoms with van der Waals surface area (Å²) in [6, 6.07) is 11.7. The lowest BCUT2D eigenvalue weighted by molar-refractivity contribution is -0.127. The first-order valence-electron chi connectivity index (χ1n) is 11.5. The van der Waals surface area contributed by atoms with Crippen LogP contribution in [0.4, 0.5) is 5.69 Å². The van der Waals surface area contributed by atoms with E-state index in [0.29, 0.717) is 0 Å². The number of hydrogen-bond acceptors (Lipinski definition) is 4. The Hall–Kier alpha value is -2.67. The van der Waals surface area contributed by atoms with Crippen molar-refractivity contribution < 1.29 is 14.4 Å². The van der Waals surface area contributed by atoms with Gasteiger partial charge in [0.15, 0.2) is 0 Å². The Morgan fingerprint density at radius 3 is 2.53 bits per heavy atom. The van der Waals surface area contributed by atoms with E-state index in [1.165, 1.54) is 19.3 Å². The summed E-state index contributed by atoms with van der Waals surface area (Å²) < 4.78 is 0. The first kappa shape index (κ1) is 22.5. The number of nitrogens with zero attached hydrogens (tertiary/aromatic N) is 1. The standard InChI is InChI=1S/C25H31N3O3S/c1-17-9-11-19(12-10-17)28-23(30)16-20(24(28)21-8-5-15-32-21)25(31)26-14-13-22(29)27-18-6-3-2-4-7-18/h5,8-12,15,18,20,24H,2-4,6-7,13-14,16H2,1H3,(H,26,31)(H,27,29). The van der Waals surface area contributed by atoms with E-state index in [1.54, 1.807) is 16.2 Å². The molecule has 170 valence electrons. The summed E-state index contributed by atoms with van der Waals surface area (Å²) in [7, 11) is 0.